The van der Waals surface area contributed by atoms with Crippen molar-refractivity contribution in [1.29, 1.82) is 0 Å². The van der Waals surface area contributed by atoms with E-state index >= 15 is 0 Å². The monoisotopic (exact) mass is 355 g/mol. The van der Waals surface area contributed by atoms with Crippen LogP contribution in [-0.4, -0.2) is 43.6 Å². The molecule has 3 rings (SSSR count). The molecule has 6 heteroatoms. The van der Waals surface area contributed by atoms with Crippen LogP contribution in [0, 0.1) is 0 Å². The van der Waals surface area contributed by atoms with Crippen molar-refractivity contribution in [3.8, 4) is 17.0 Å². The van der Waals surface area contributed by atoms with Crippen molar-refractivity contribution >= 4 is 22.3 Å². The van der Waals surface area contributed by atoms with Crippen molar-refractivity contribution in [1.82, 2.24) is 4.98 Å². The lowest BCUT2D eigenvalue weighted by molar-refractivity contribution is 0.0845. The normalized spacial score (nSPS) is 12.2. The number of nitrogen functional groups attached to an aromatic ring is 1. The van der Waals surface area contributed by atoms with Crippen LogP contribution in [0.1, 0.15) is 0 Å². The Kier molecular flexibility index (Phi) is 5.23. The molecule has 1 unspecified atom stereocenters. The topological polar surface area (TPSA) is 71.6 Å². The number of halogens is 1. The Morgan fingerprint density at radius 3 is 2.69 bits per heavy atom. The summed E-state index contributed by atoms with van der Waals surface area (Å²) in [7, 11) is 4.00. The van der Waals surface area contributed by atoms with E-state index in [0.29, 0.717) is 11.4 Å². The summed E-state index contributed by atoms with van der Waals surface area (Å²) < 4.78 is 17.8. The van der Waals surface area contributed by atoms with E-state index in [-0.39, 0.29) is 6.61 Å². The minimum Gasteiger partial charge on any atom is -0.489 e. The molecule has 3 aromatic rings. The van der Waals surface area contributed by atoms with Crippen molar-refractivity contribution in [3.05, 3.63) is 48.5 Å². The van der Waals surface area contributed by atoms with E-state index in [1.807, 2.05) is 49.3 Å². The number of fused-ring (bicyclic) bond motifs is 1. The van der Waals surface area contributed by atoms with Crippen LogP contribution in [0.4, 0.5) is 15.8 Å². The quantitative estimate of drug-likeness (QED) is 0.664. The van der Waals surface area contributed by atoms with Gasteiger partial charge in [-0.2, -0.15) is 0 Å². The molecule has 26 heavy (non-hydrogen) atoms. The second kappa shape index (κ2) is 7.58. The maximum atomic E-state index is 12.4. The highest BCUT2D eigenvalue weighted by atomic mass is 19.1. The fraction of sp³-hybridized carbons (Fsp3) is 0.250. The highest BCUT2D eigenvalue weighted by molar-refractivity contribution is 5.85. The first-order valence-corrected chi connectivity index (χ1v) is 8.33. The Morgan fingerprint density at radius 2 is 1.96 bits per heavy atom. The molecule has 0 fully saturated rings. The smallest absolute Gasteiger partial charge is 0.142 e. The van der Waals surface area contributed by atoms with Gasteiger partial charge in [0.25, 0.3) is 0 Å². The van der Waals surface area contributed by atoms with Crippen molar-refractivity contribution in [2.75, 3.05) is 38.0 Å². The van der Waals surface area contributed by atoms with Crippen molar-refractivity contribution < 1.29 is 14.2 Å². The molecule has 0 radical (unpaired) electrons. The zero-order valence-electron chi connectivity index (χ0n) is 14.8. The number of aliphatic hydroxyl groups is 1. The van der Waals surface area contributed by atoms with Gasteiger partial charge in [-0.1, -0.05) is 12.1 Å². The Hall–Kier alpha value is -2.86. The third-order valence-corrected chi connectivity index (χ3v) is 4.11. The summed E-state index contributed by atoms with van der Waals surface area (Å²) in [4.78, 5) is 6.75. The van der Waals surface area contributed by atoms with Crippen LogP contribution in [-0.2, 0) is 0 Å². The maximum Gasteiger partial charge on any atom is 0.142 e. The number of aromatic nitrogens is 1. The number of nitrogens with two attached hydrogens (primary N) is 1. The predicted octanol–water partition coefficient (Wildman–Crippen LogP) is 3.26. The van der Waals surface area contributed by atoms with Crippen molar-refractivity contribution in [3.63, 3.8) is 0 Å². The third-order valence-electron chi connectivity index (χ3n) is 4.11. The molecule has 1 atom stereocenters. The molecule has 1 aromatic heterocycles. The Labute approximate surface area is 151 Å². The van der Waals surface area contributed by atoms with Gasteiger partial charge in [0.1, 0.15) is 25.1 Å². The van der Waals surface area contributed by atoms with Gasteiger partial charge in [0.05, 0.1) is 16.9 Å². The van der Waals surface area contributed by atoms with Gasteiger partial charge < -0.3 is 20.5 Å². The molecule has 0 spiro atoms. The van der Waals surface area contributed by atoms with Gasteiger partial charge in [0.15, 0.2) is 0 Å². The average Bonchev–Trinajstić information content (AvgIpc) is 2.66. The standard InChI is InChI=1S/C20H22FN3O2/c1-24(2)15-5-8-19-13(9-15)4-7-18(23-19)14-3-6-17(22)20(10-14)26-12-16(25)11-21/h3-10,16,25H,11-12,22H2,1-2H3. The van der Waals surface area contributed by atoms with Crippen LogP contribution >= 0.6 is 0 Å². The molecule has 5 nitrogen and oxygen atoms in total. The zero-order chi connectivity index (χ0) is 18.7. The summed E-state index contributed by atoms with van der Waals surface area (Å²) in [5, 5.41) is 10.4. The number of ether oxygens (including phenoxy) is 1. The molecule has 136 valence electrons. The lowest BCUT2D eigenvalue weighted by atomic mass is 10.1. The lowest BCUT2D eigenvalue weighted by Gasteiger charge is -2.14. The van der Waals surface area contributed by atoms with Crippen molar-refractivity contribution in [2.45, 2.75) is 6.10 Å². The summed E-state index contributed by atoms with van der Waals surface area (Å²) in [5.41, 5.74) is 9.95. The minimum atomic E-state index is -1.16. The van der Waals surface area contributed by atoms with Gasteiger partial charge in [-0.25, -0.2) is 9.37 Å². The molecule has 0 aliphatic heterocycles. The van der Waals surface area contributed by atoms with Crippen LogP contribution in [0.5, 0.6) is 5.75 Å². The molecule has 0 saturated heterocycles. The van der Waals surface area contributed by atoms with Crippen LogP contribution in [0.15, 0.2) is 48.5 Å². The van der Waals surface area contributed by atoms with E-state index < -0.39 is 12.8 Å². The van der Waals surface area contributed by atoms with Gasteiger partial charge in [-0.05, 0) is 36.4 Å². The number of alkyl halides is 1. The number of nitrogens with zero attached hydrogens (tertiary/aromatic N) is 2. The zero-order valence-corrected chi connectivity index (χ0v) is 14.8. The van der Waals surface area contributed by atoms with E-state index in [0.717, 1.165) is 27.8 Å². The molecule has 0 amide bonds. The van der Waals surface area contributed by atoms with E-state index in [1.54, 1.807) is 12.1 Å². The summed E-state index contributed by atoms with van der Waals surface area (Å²) in [5.74, 6) is 0.403. The van der Waals surface area contributed by atoms with Crippen LogP contribution in [0.3, 0.4) is 0 Å². The van der Waals surface area contributed by atoms with E-state index in [1.165, 1.54) is 0 Å². The first-order chi connectivity index (χ1) is 12.5. The number of pyridine rings is 1. The van der Waals surface area contributed by atoms with E-state index in [9.17, 15) is 9.50 Å². The largest absolute Gasteiger partial charge is 0.489 e. The number of hydrogen-bond acceptors (Lipinski definition) is 5. The fourth-order valence-electron chi connectivity index (χ4n) is 2.60. The minimum absolute atomic E-state index is 0.150. The van der Waals surface area contributed by atoms with E-state index in [4.69, 9.17) is 15.5 Å². The van der Waals surface area contributed by atoms with Gasteiger partial charge in [-0.15, -0.1) is 0 Å². The summed E-state index contributed by atoms with van der Waals surface area (Å²) in [6, 6.07) is 15.4. The summed E-state index contributed by atoms with van der Waals surface area (Å²) >= 11 is 0. The number of hydrogen-bond donors (Lipinski definition) is 2. The second-order valence-corrected chi connectivity index (χ2v) is 6.34. The first kappa shape index (κ1) is 17.9. The lowest BCUT2D eigenvalue weighted by Crippen LogP contribution is -2.19. The number of benzene rings is 2. The number of aliphatic hydroxyl groups excluding tert-OH is 1. The highest BCUT2D eigenvalue weighted by Gasteiger charge is 2.10. The molecule has 0 saturated carbocycles. The van der Waals surface area contributed by atoms with Gasteiger partial charge in [0, 0.05) is 30.7 Å². The predicted molar refractivity (Wildman–Crippen MR) is 103 cm³/mol. The fourth-order valence-corrected chi connectivity index (χ4v) is 2.60. The molecule has 0 bridgehead atoms. The van der Waals surface area contributed by atoms with Gasteiger partial charge in [-0.3, -0.25) is 0 Å². The Bertz CT molecular complexity index is 915. The third kappa shape index (κ3) is 3.86. The molecule has 0 aliphatic carbocycles. The molecular formula is C20H22FN3O2. The number of anilines is 2. The van der Waals surface area contributed by atoms with Crippen LogP contribution in [0.25, 0.3) is 22.2 Å². The Balaban J connectivity index is 1.91. The second-order valence-electron chi connectivity index (χ2n) is 6.34. The van der Waals surface area contributed by atoms with Gasteiger partial charge >= 0.3 is 0 Å². The first-order valence-electron chi connectivity index (χ1n) is 8.33. The highest BCUT2D eigenvalue weighted by Crippen LogP contribution is 2.30. The van der Waals surface area contributed by atoms with Crippen LogP contribution in [0.2, 0.25) is 0 Å². The molecular weight excluding hydrogens is 333 g/mol. The average molecular weight is 355 g/mol. The SMILES string of the molecule is CN(C)c1ccc2nc(-c3ccc(N)c(OCC(O)CF)c3)ccc2c1. The maximum absolute atomic E-state index is 12.4. The molecule has 0 aliphatic rings. The molecule has 1 heterocycles. The van der Waals surface area contributed by atoms with Gasteiger partial charge in [0.2, 0.25) is 0 Å². The summed E-state index contributed by atoms with van der Waals surface area (Å²) in [6.07, 6.45) is -1.16. The van der Waals surface area contributed by atoms with E-state index in [2.05, 4.69) is 6.07 Å². The summed E-state index contributed by atoms with van der Waals surface area (Å²) in [6.45, 7) is -1.01. The molecule has 3 N–H and O–H groups in total. The van der Waals surface area contributed by atoms with Crippen LogP contribution < -0.4 is 15.4 Å². The number of rotatable bonds is 6. The van der Waals surface area contributed by atoms with Crippen molar-refractivity contribution in [2.24, 2.45) is 0 Å². The molecule has 2 aromatic carbocycles. The Morgan fingerprint density at radius 1 is 1.15 bits per heavy atom.